The maximum atomic E-state index is 12.0. The monoisotopic (exact) mass is 261 g/mol. The van der Waals surface area contributed by atoms with Gasteiger partial charge in [-0.2, -0.15) is 0 Å². The van der Waals surface area contributed by atoms with Crippen molar-refractivity contribution in [2.24, 2.45) is 11.8 Å². The molecule has 2 atom stereocenters. The summed E-state index contributed by atoms with van der Waals surface area (Å²) in [5.74, 6) is 0.126. The molecule has 0 saturated carbocycles. The second kappa shape index (κ2) is 7.07. The standard InChI is InChI=1S/C16H23NO2/c1-11(2)12(3)16(19)17-15(13(4)18)10-14-8-6-5-7-9-14/h5-9,11-12,15H,10H2,1-4H3,(H,17,19)/t12-,15?/m0/s1. The first kappa shape index (κ1) is 15.4. The molecule has 19 heavy (non-hydrogen) atoms. The zero-order chi connectivity index (χ0) is 14.4. The first-order valence-electron chi connectivity index (χ1n) is 6.76. The molecule has 1 aromatic rings. The lowest BCUT2D eigenvalue weighted by molar-refractivity contribution is -0.130. The molecule has 0 aliphatic rings. The van der Waals surface area contributed by atoms with Gasteiger partial charge in [-0.05, 0) is 24.8 Å². The highest BCUT2D eigenvalue weighted by Crippen LogP contribution is 2.11. The van der Waals surface area contributed by atoms with Crippen molar-refractivity contribution in [3.8, 4) is 0 Å². The molecular weight excluding hydrogens is 238 g/mol. The lowest BCUT2D eigenvalue weighted by Crippen LogP contribution is -2.44. The Balaban J connectivity index is 2.69. The molecule has 0 radical (unpaired) electrons. The zero-order valence-electron chi connectivity index (χ0n) is 12.1. The summed E-state index contributed by atoms with van der Waals surface area (Å²) < 4.78 is 0. The predicted octanol–water partition coefficient (Wildman–Crippen LogP) is 2.60. The summed E-state index contributed by atoms with van der Waals surface area (Å²) >= 11 is 0. The Morgan fingerprint density at radius 2 is 1.68 bits per heavy atom. The summed E-state index contributed by atoms with van der Waals surface area (Å²) in [6.07, 6.45) is 0.548. The van der Waals surface area contributed by atoms with Gasteiger partial charge in [0, 0.05) is 5.92 Å². The van der Waals surface area contributed by atoms with Crippen LogP contribution in [-0.2, 0) is 16.0 Å². The first-order chi connectivity index (χ1) is 8.91. The summed E-state index contributed by atoms with van der Waals surface area (Å²) in [6, 6.07) is 9.31. The number of ketones is 1. The van der Waals surface area contributed by atoms with Crippen LogP contribution in [0.15, 0.2) is 30.3 Å². The van der Waals surface area contributed by atoms with E-state index in [2.05, 4.69) is 5.32 Å². The van der Waals surface area contributed by atoms with Crippen molar-refractivity contribution in [2.45, 2.75) is 40.2 Å². The lowest BCUT2D eigenvalue weighted by atomic mass is 9.96. The van der Waals surface area contributed by atoms with Crippen LogP contribution in [0.3, 0.4) is 0 Å². The minimum Gasteiger partial charge on any atom is -0.346 e. The van der Waals surface area contributed by atoms with Crippen LogP contribution in [0.25, 0.3) is 0 Å². The average molecular weight is 261 g/mol. The molecule has 1 amide bonds. The Bertz CT molecular complexity index is 426. The molecule has 0 fully saturated rings. The van der Waals surface area contributed by atoms with E-state index in [0.717, 1.165) is 5.56 Å². The van der Waals surface area contributed by atoms with Crippen LogP contribution in [-0.4, -0.2) is 17.7 Å². The van der Waals surface area contributed by atoms with Crippen LogP contribution in [0.2, 0.25) is 0 Å². The van der Waals surface area contributed by atoms with Crippen LogP contribution >= 0.6 is 0 Å². The fourth-order valence-electron chi connectivity index (χ4n) is 1.75. The topological polar surface area (TPSA) is 46.2 Å². The highest BCUT2D eigenvalue weighted by Gasteiger charge is 2.22. The van der Waals surface area contributed by atoms with Crippen molar-refractivity contribution < 1.29 is 9.59 Å². The van der Waals surface area contributed by atoms with E-state index in [1.54, 1.807) is 0 Å². The van der Waals surface area contributed by atoms with Gasteiger partial charge in [-0.15, -0.1) is 0 Å². The molecule has 0 aromatic heterocycles. The van der Waals surface area contributed by atoms with Gasteiger partial charge in [-0.1, -0.05) is 51.1 Å². The van der Waals surface area contributed by atoms with Gasteiger partial charge < -0.3 is 5.32 Å². The highest BCUT2D eigenvalue weighted by molar-refractivity contribution is 5.88. The summed E-state index contributed by atoms with van der Waals surface area (Å²) in [7, 11) is 0. The number of carbonyl (C=O) groups is 2. The van der Waals surface area contributed by atoms with Gasteiger partial charge >= 0.3 is 0 Å². The first-order valence-corrected chi connectivity index (χ1v) is 6.76. The molecule has 104 valence electrons. The third-order valence-corrected chi connectivity index (χ3v) is 3.50. The second-order valence-electron chi connectivity index (χ2n) is 5.39. The number of rotatable bonds is 6. The zero-order valence-corrected chi connectivity index (χ0v) is 12.1. The number of Topliss-reactive ketones (excluding diaryl/α,β-unsaturated/α-hetero) is 1. The molecule has 1 rings (SSSR count). The van der Waals surface area contributed by atoms with Gasteiger partial charge in [0.25, 0.3) is 0 Å². The van der Waals surface area contributed by atoms with Crippen molar-refractivity contribution in [1.82, 2.24) is 5.32 Å². The van der Waals surface area contributed by atoms with E-state index in [-0.39, 0.29) is 23.5 Å². The molecule has 3 heteroatoms. The molecule has 0 aliphatic heterocycles. The third-order valence-electron chi connectivity index (χ3n) is 3.50. The quantitative estimate of drug-likeness (QED) is 0.855. The normalized spacial score (nSPS) is 13.9. The number of hydrogen-bond donors (Lipinski definition) is 1. The maximum absolute atomic E-state index is 12.0. The van der Waals surface area contributed by atoms with E-state index in [1.807, 2.05) is 51.1 Å². The minimum absolute atomic E-state index is 0.00633. The molecular formula is C16H23NO2. The number of carbonyl (C=O) groups excluding carboxylic acids is 2. The van der Waals surface area contributed by atoms with Crippen molar-refractivity contribution in [2.75, 3.05) is 0 Å². The maximum Gasteiger partial charge on any atom is 0.223 e. The lowest BCUT2D eigenvalue weighted by Gasteiger charge is -2.21. The third kappa shape index (κ3) is 4.86. The smallest absolute Gasteiger partial charge is 0.223 e. The number of amides is 1. The van der Waals surface area contributed by atoms with E-state index in [1.165, 1.54) is 6.92 Å². The van der Waals surface area contributed by atoms with Gasteiger partial charge in [0.15, 0.2) is 5.78 Å². The van der Waals surface area contributed by atoms with E-state index >= 15 is 0 Å². The van der Waals surface area contributed by atoms with Crippen molar-refractivity contribution in [1.29, 1.82) is 0 Å². The molecule has 0 bridgehead atoms. The van der Waals surface area contributed by atoms with E-state index in [4.69, 9.17) is 0 Å². The molecule has 0 spiro atoms. The summed E-state index contributed by atoms with van der Waals surface area (Å²) in [4.78, 5) is 23.7. The van der Waals surface area contributed by atoms with Crippen LogP contribution in [0, 0.1) is 11.8 Å². The van der Waals surface area contributed by atoms with Crippen LogP contribution in [0.4, 0.5) is 0 Å². The number of nitrogens with one attached hydrogen (secondary N) is 1. The van der Waals surface area contributed by atoms with E-state index in [0.29, 0.717) is 6.42 Å². The fourth-order valence-corrected chi connectivity index (χ4v) is 1.75. The van der Waals surface area contributed by atoms with Gasteiger partial charge in [-0.25, -0.2) is 0 Å². The van der Waals surface area contributed by atoms with E-state index < -0.39 is 6.04 Å². The van der Waals surface area contributed by atoms with E-state index in [9.17, 15) is 9.59 Å². The van der Waals surface area contributed by atoms with Gasteiger partial charge in [-0.3, -0.25) is 9.59 Å². The molecule has 0 heterocycles. The summed E-state index contributed by atoms with van der Waals surface area (Å²) in [6.45, 7) is 7.42. The Hall–Kier alpha value is -1.64. The van der Waals surface area contributed by atoms with Crippen molar-refractivity contribution >= 4 is 11.7 Å². The van der Waals surface area contributed by atoms with Crippen LogP contribution < -0.4 is 5.32 Å². The molecule has 1 N–H and O–H groups in total. The second-order valence-corrected chi connectivity index (χ2v) is 5.39. The van der Waals surface area contributed by atoms with Crippen molar-refractivity contribution in [3.05, 3.63) is 35.9 Å². The van der Waals surface area contributed by atoms with Crippen LogP contribution in [0.5, 0.6) is 0 Å². The Morgan fingerprint density at radius 1 is 1.11 bits per heavy atom. The molecule has 1 aromatic carbocycles. The fraction of sp³-hybridized carbons (Fsp3) is 0.500. The Morgan fingerprint density at radius 3 is 2.16 bits per heavy atom. The van der Waals surface area contributed by atoms with Gasteiger partial charge in [0.05, 0.1) is 6.04 Å². The Kier molecular flexibility index (Phi) is 5.74. The molecule has 0 aliphatic carbocycles. The largest absolute Gasteiger partial charge is 0.346 e. The predicted molar refractivity (Wildman–Crippen MR) is 76.8 cm³/mol. The molecule has 3 nitrogen and oxygen atoms in total. The molecule has 1 unspecified atom stereocenters. The number of benzene rings is 1. The van der Waals surface area contributed by atoms with Crippen molar-refractivity contribution in [3.63, 3.8) is 0 Å². The SMILES string of the molecule is CC(=O)C(Cc1ccccc1)NC(=O)[C@@H](C)C(C)C. The number of hydrogen-bond acceptors (Lipinski definition) is 2. The summed E-state index contributed by atoms with van der Waals surface area (Å²) in [5, 5.41) is 2.86. The summed E-state index contributed by atoms with van der Waals surface area (Å²) in [5.41, 5.74) is 1.06. The molecule has 0 saturated heterocycles. The van der Waals surface area contributed by atoms with Crippen LogP contribution in [0.1, 0.15) is 33.3 Å². The highest BCUT2D eigenvalue weighted by atomic mass is 16.2. The van der Waals surface area contributed by atoms with Gasteiger partial charge in [0.1, 0.15) is 0 Å². The van der Waals surface area contributed by atoms with Gasteiger partial charge in [0.2, 0.25) is 5.91 Å². The minimum atomic E-state index is -0.434. The Labute approximate surface area is 115 Å². The average Bonchev–Trinajstić information content (AvgIpc) is 2.37.